The lowest BCUT2D eigenvalue weighted by Gasteiger charge is -2.10. The van der Waals surface area contributed by atoms with Crippen LogP contribution < -0.4 is 10.1 Å². The first-order chi connectivity index (χ1) is 14.0. The van der Waals surface area contributed by atoms with Crippen LogP contribution in [0, 0.1) is 12.7 Å². The lowest BCUT2D eigenvalue weighted by atomic mass is 10.1. The molecule has 1 N–H and O–H groups in total. The van der Waals surface area contributed by atoms with E-state index in [0.717, 1.165) is 11.1 Å². The summed E-state index contributed by atoms with van der Waals surface area (Å²) < 4.78 is 22.4. The van der Waals surface area contributed by atoms with E-state index in [0.29, 0.717) is 23.6 Å². The van der Waals surface area contributed by atoms with E-state index < -0.39 is 0 Å². The summed E-state index contributed by atoms with van der Waals surface area (Å²) >= 11 is 0. The normalized spacial score (nSPS) is 11.0. The second-order valence-electron chi connectivity index (χ2n) is 6.49. The molecule has 0 aliphatic heterocycles. The van der Waals surface area contributed by atoms with Crippen molar-refractivity contribution in [1.82, 2.24) is 24.4 Å². The predicted molar refractivity (Wildman–Crippen MR) is 105 cm³/mol. The van der Waals surface area contributed by atoms with Crippen LogP contribution >= 0.6 is 0 Å². The Morgan fingerprint density at radius 2 is 2.10 bits per heavy atom. The van der Waals surface area contributed by atoms with Crippen molar-refractivity contribution < 1.29 is 13.9 Å². The minimum atomic E-state index is -0.357. The van der Waals surface area contributed by atoms with Crippen molar-refractivity contribution in [2.24, 2.45) is 0 Å². The van der Waals surface area contributed by atoms with E-state index in [9.17, 15) is 9.18 Å². The number of pyridine rings is 1. The Balaban J connectivity index is 1.58. The fourth-order valence-electron chi connectivity index (χ4n) is 2.97. The third-order valence-corrected chi connectivity index (χ3v) is 4.20. The highest BCUT2D eigenvalue weighted by atomic mass is 19.1. The maximum absolute atomic E-state index is 13.8. The lowest BCUT2D eigenvalue weighted by Crippen LogP contribution is -2.19. The fourth-order valence-corrected chi connectivity index (χ4v) is 2.97. The van der Waals surface area contributed by atoms with Gasteiger partial charge in [0.25, 0.3) is 0 Å². The van der Waals surface area contributed by atoms with Crippen LogP contribution in [0.5, 0.6) is 5.75 Å². The molecule has 3 heterocycles. The number of amides is 1. The van der Waals surface area contributed by atoms with Gasteiger partial charge in [-0.05, 0) is 49.7 Å². The number of rotatable bonds is 6. The molecule has 1 amide bonds. The number of benzene rings is 1. The van der Waals surface area contributed by atoms with Crippen LogP contribution in [0.15, 0.2) is 48.9 Å². The van der Waals surface area contributed by atoms with Crippen molar-refractivity contribution in [3.05, 3.63) is 60.3 Å². The highest BCUT2D eigenvalue weighted by Gasteiger charge is 2.12. The van der Waals surface area contributed by atoms with Crippen LogP contribution in [-0.4, -0.2) is 36.9 Å². The second-order valence-corrected chi connectivity index (χ2v) is 6.49. The monoisotopic (exact) mass is 394 g/mol. The molecule has 9 heteroatoms. The van der Waals surface area contributed by atoms with E-state index >= 15 is 0 Å². The number of aromatic nitrogens is 5. The van der Waals surface area contributed by atoms with E-state index in [1.54, 1.807) is 36.8 Å². The molecule has 0 aliphatic rings. The average molecular weight is 394 g/mol. The second kappa shape index (κ2) is 7.70. The molecule has 0 aliphatic carbocycles. The van der Waals surface area contributed by atoms with Crippen molar-refractivity contribution in [2.75, 3.05) is 11.9 Å². The van der Waals surface area contributed by atoms with E-state index in [1.165, 1.54) is 21.3 Å². The van der Waals surface area contributed by atoms with E-state index in [-0.39, 0.29) is 24.2 Å². The molecule has 0 spiro atoms. The number of aryl methyl sites for hydroxylation is 1. The maximum atomic E-state index is 13.8. The number of hydrogen-bond acceptors (Lipinski definition) is 5. The Kier molecular flexibility index (Phi) is 4.94. The highest BCUT2D eigenvalue weighted by Crippen LogP contribution is 2.31. The number of fused-ring (bicyclic) bond motifs is 1. The molecule has 0 atom stereocenters. The van der Waals surface area contributed by atoms with Crippen LogP contribution in [0.25, 0.3) is 16.8 Å². The summed E-state index contributed by atoms with van der Waals surface area (Å²) in [6, 6.07) is 7.92. The van der Waals surface area contributed by atoms with Gasteiger partial charge in [0.05, 0.1) is 12.8 Å². The minimum Gasteiger partial charge on any atom is -0.493 e. The molecule has 0 unspecified atom stereocenters. The molecule has 3 aromatic heterocycles. The highest BCUT2D eigenvalue weighted by molar-refractivity contribution is 5.89. The third-order valence-electron chi connectivity index (χ3n) is 4.20. The molecule has 148 valence electrons. The van der Waals surface area contributed by atoms with Gasteiger partial charge in [0, 0.05) is 23.5 Å². The Labute approximate surface area is 165 Å². The van der Waals surface area contributed by atoms with E-state index in [2.05, 4.69) is 20.5 Å². The Bertz CT molecular complexity index is 1180. The quantitative estimate of drug-likeness (QED) is 0.543. The van der Waals surface area contributed by atoms with Gasteiger partial charge in [0.15, 0.2) is 5.65 Å². The molecule has 1 aromatic carbocycles. The zero-order valence-corrected chi connectivity index (χ0v) is 16.0. The molecule has 0 radical (unpaired) electrons. The summed E-state index contributed by atoms with van der Waals surface area (Å²) in [6.45, 7) is 4.30. The van der Waals surface area contributed by atoms with Crippen LogP contribution in [0.4, 0.5) is 10.3 Å². The largest absolute Gasteiger partial charge is 0.493 e. The molecule has 0 bridgehead atoms. The summed E-state index contributed by atoms with van der Waals surface area (Å²) in [4.78, 5) is 16.5. The molecule has 0 saturated heterocycles. The Hall–Kier alpha value is -3.75. The molecule has 4 aromatic rings. The standard InChI is InChI=1S/C20H19FN6O2/c1-3-29-17-6-5-15(21)8-16(17)14-4-7-18-23-20(25-27(18)11-14)24-19(28)12-26-10-13(2)9-22-26/h4-11H,3,12H2,1-2H3,(H,24,25,28). The Morgan fingerprint density at radius 1 is 1.24 bits per heavy atom. The number of carbonyl (C=O) groups excluding carboxylic acids is 1. The lowest BCUT2D eigenvalue weighted by molar-refractivity contribution is -0.116. The minimum absolute atomic E-state index is 0.0651. The number of hydrogen-bond donors (Lipinski definition) is 1. The first-order valence-corrected chi connectivity index (χ1v) is 9.10. The van der Waals surface area contributed by atoms with Gasteiger partial charge in [-0.15, -0.1) is 5.10 Å². The maximum Gasteiger partial charge on any atom is 0.249 e. The summed E-state index contributed by atoms with van der Waals surface area (Å²) in [6.07, 6.45) is 5.17. The smallest absolute Gasteiger partial charge is 0.249 e. The predicted octanol–water partition coefficient (Wildman–Crippen LogP) is 3.08. The van der Waals surface area contributed by atoms with Gasteiger partial charge in [-0.25, -0.2) is 8.91 Å². The van der Waals surface area contributed by atoms with Crippen LogP contribution in [0.3, 0.4) is 0 Å². The number of carbonyl (C=O) groups is 1. The number of anilines is 1. The topological polar surface area (TPSA) is 86.3 Å². The third kappa shape index (κ3) is 4.08. The van der Waals surface area contributed by atoms with Crippen molar-refractivity contribution in [1.29, 1.82) is 0 Å². The molecule has 29 heavy (non-hydrogen) atoms. The Morgan fingerprint density at radius 3 is 2.86 bits per heavy atom. The first-order valence-electron chi connectivity index (χ1n) is 9.10. The van der Waals surface area contributed by atoms with Gasteiger partial charge in [0.1, 0.15) is 18.1 Å². The summed E-state index contributed by atoms with van der Waals surface area (Å²) in [5, 5.41) is 11.0. The van der Waals surface area contributed by atoms with Gasteiger partial charge in [-0.2, -0.15) is 10.1 Å². The van der Waals surface area contributed by atoms with Gasteiger partial charge in [0.2, 0.25) is 11.9 Å². The van der Waals surface area contributed by atoms with Gasteiger partial charge in [-0.1, -0.05) is 0 Å². The molecule has 8 nitrogen and oxygen atoms in total. The first kappa shape index (κ1) is 18.6. The molecular formula is C20H19FN6O2. The molecule has 0 saturated carbocycles. The van der Waals surface area contributed by atoms with Crippen molar-refractivity contribution in [2.45, 2.75) is 20.4 Å². The van der Waals surface area contributed by atoms with E-state index in [1.807, 2.05) is 13.8 Å². The number of halogens is 1. The van der Waals surface area contributed by atoms with Crippen molar-refractivity contribution in [3.63, 3.8) is 0 Å². The van der Waals surface area contributed by atoms with Crippen LogP contribution in [0.1, 0.15) is 12.5 Å². The van der Waals surface area contributed by atoms with Crippen LogP contribution in [-0.2, 0) is 11.3 Å². The summed E-state index contributed by atoms with van der Waals surface area (Å²) in [7, 11) is 0. The van der Waals surface area contributed by atoms with Crippen LogP contribution in [0.2, 0.25) is 0 Å². The summed E-state index contributed by atoms with van der Waals surface area (Å²) in [5.41, 5.74) is 2.85. The molecular weight excluding hydrogens is 375 g/mol. The zero-order valence-electron chi connectivity index (χ0n) is 16.0. The van der Waals surface area contributed by atoms with Gasteiger partial charge >= 0.3 is 0 Å². The SMILES string of the molecule is CCOc1ccc(F)cc1-c1ccc2nc(NC(=O)Cn3cc(C)cn3)nn2c1. The fraction of sp³-hybridized carbons (Fsp3) is 0.200. The van der Waals surface area contributed by atoms with Gasteiger partial charge in [-0.3, -0.25) is 14.8 Å². The summed E-state index contributed by atoms with van der Waals surface area (Å²) in [5.74, 6) is 0.119. The number of nitrogens with zero attached hydrogens (tertiary/aromatic N) is 5. The molecule has 0 fully saturated rings. The zero-order chi connectivity index (χ0) is 20.4. The van der Waals surface area contributed by atoms with Crippen molar-refractivity contribution >= 4 is 17.5 Å². The number of ether oxygens (including phenoxy) is 1. The average Bonchev–Trinajstić information content (AvgIpc) is 3.27. The van der Waals surface area contributed by atoms with Crippen molar-refractivity contribution in [3.8, 4) is 16.9 Å². The number of nitrogens with one attached hydrogen (secondary N) is 1. The molecule has 4 rings (SSSR count). The van der Waals surface area contributed by atoms with Gasteiger partial charge < -0.3 is 4.74 Å². The van der Waals surface area contributed by atoms with E-state index in [4.69, 9.17) is 4.74 Å².